The maximum absolute atomic E-state index is 7.00. The van der Waals surface area contributed by atoms with Crippen LogP contribution in [0, 0.1) is 0 Å². The lowest BCUT2D eigenvalue weighted by Gasteiger charge is -2.37. The van der Waals surface area contributed by atoms with E-state index in [9.17, 15) is 0 Å². The van der Waals surface area contributed by atoms with Crippen LogP contribution in [0.5, 0.6) is 11.5 Å². The Balaban J connectivity index is 0.997. The van der Waals surface area contributed by atoms with Gasteiger partial charge in [0.05, 0.1) is 11.7 Å². The first-order chi connectivity index (χ1) is 31.0. The summed E-state index contributed by atoms with van der Waals surface area (Å²) in [5, 5.41) is 4.50. The molecule has 2 aliphatic carbocycles. The van der Waals surface area contributed by atoms with E-state index in [0.29, 0.717) is 13.0 Å². The Morgan fingerprint density at radius 1 is 0.794 bits per heavy atom. The number of ether oxygens (including phenoxy) is 2. The number of nitrogens with zero attached hydrogens (tertiary/aromatic N) is 2. The summed E-state index contributed by atoms with van der Waals surface area (Å²) in [5.74, 6) is 1.76. The standard InChI is InChI=1S/C58H48N2O2S/c1-5-18-43(6-2)60(51-25-15-13-24-47(51)41-19-9-7-10-20-41)45-30-31-49-50-33-34-52-57-48(32-35-53(58(50)57)62-54(49)37-45)42(38-61-52)29-28-39(3)59(44-21-11-8-12-22-44)36-17-27-55-40(4)46-23-14-16-26-56(46)63-55/h5-21,23-36,44,54H,1-2,4,22,37-38H2,3H3/b36-17+,39-28+,42-29+,43-18+,55-27+. The van der Waals surface area contributed by atoms with Crippen molar-refractivity contribution in [3.05, 3.63) is 233 Å². The molecular weight excluding hydrogens is 789 g/mol. The SMILES string of the molecule is C=C/C=C(\C=C)N(C1=CC=C2c3ccc4c5c(ccc(c35)OC2C1)/C(=C/C=C(\C)N(/C=C/C=c1/sc2ccccc2c1=C)C1C=CC=CC1)CO4)c1ccccc1-c1ccccc1. The van der Waals surface area contributed by atoms with Gasteiger partial charge in [0.2, 0.25) is 0 Å². The number of hydrogen-bond acceptors (Lipinski definition) is 5. The molecule has 2 aliphatic heterocycles. The van der Waals surface area contributed by atoms with Crippen molar-refractivity contribution in [1.29, 1.82) is 0 Å². The van der Waals surface area contributed by atoms with E-state index in [2.05, 4.69) is 207 Å². The molecule has 0 spiro atoms. The van der Waals surface area contributed by atoms with Crippen molar-refractivity contribution in [3.63, 3.8) is 0 Å². The van der Waals surface area contributed by atoms with E-state index in [1.54, 1.807) is 11.3 Å². The molecule has 0 fully saturated rings. The maximum atomic E-state index is 7.00. The van der Waals surface area contributed by atoms with Crippen LogP contribution in [0.3, 0.4) is 0 Å². The molecule has 0 saturated heterocycles. The summed E-state index contributed by atoms with van der Waals surface area (Å²) in [6.45, 7) is 15.3. The van der Waals surface area contributed by atoms with Crippen molar-refractivity contribution >= 4 is 61.7 Å². The second-order valence-corrected chi connectivity index (χ2v) is 17.2. The van der Waals surface area contributed by atoms with Crippen molar-refractivity contribution in [2.75, 3.05) is 11.5 Å². The van der Waals surface area contributed by atoms with Crippen LogP contribution in [-0.4, -0.2) is 23.7 Å². The summed E-state index contributed by atoms with van der Waals surface area (Å²) in [7, 11) is 0. The highest BCUT2D eigenvalue weighted by Gasteiger charge is 2.34. The van der Waals surface area contributed by atoms with Gasteiger partial charge in [0.15, 0.2) is 0 Å². The Morgan fingerprint density at radius 2 is 1.59 bits per heavy atom. The highest BCUT2D eigenvalue weighted by Crippen LogP contribution is 2.50. The topological polar surface area (TPSA) is 24.9 Å². The minimum atomic E-state index is -0.179. The Bertz CT molecular complexity index is 3190. The number of para-hydroxylation sites is 1. The van der Waals surface area contributed by atoms with Crippen molar-refractivity contribution in [2.24, 2.45) is 0 Å². The molecule has 3 heterocycles. The number of fused-ring (bicyclic) bond motifs is 3. The highest BCUT2D eigenvalue weighted by atomic mass is 32.1. The first-order valence-electron chi connectivity index (χ1n) is 21.5. The molecule has 4 nitrogen and oxygen atoms in total. The fourth-order valence-corrected chi connectivity index (χ4v) is 10.3. The summed E-state index contributed by atoms with van der Waals surface area (Å²) >= 11 is 1.78. The molecule has 1 aromatic heterocycles. The van der Waals surface area contributed by atoms with Crippen LogP contribution in [0.15, 0.2) is 212 Å². The molecule has 63 heavy (non-hydrogen) atoms. The lowest BCUT2D eigenvalue weighted by atomic mass is 9.84. The zero-order chi connectivity index (χ0) is 42.9. The zero-order valence-corrected chi connectivity index (χ0v) is 36.2. The highest BCUT2D eigenvalue weighted by molar-refractivity contribution is 7.17. The van der Waals surface area contributed by atoms with E-state index in [0.717, 1.165) is 73.4 Å². The maximum Gasteiger partial charge on any atom is 0.130 e. The van der Waals surface area contributed by atoms with Crippen LogP contribution < -0.4 is 24.1 Å². The molecule has 2 atom stereocenters. The minimum absolute atomic E-state index is 0.179. The minimum Gasteiger partial charge on any atom is -0.488 e. The molecule has 10 rings (SSSR count). The normalized spacial score (nSPS) is 18.8. The summed E-state index contributed by atoms with van der Waals surface area (Å²) in [6, 6.07) is 36.5. The predicted octanol–water partition coefficient (Wildman–Crippen LogP) is 13.2. The van der Waals surface area contributed by atoms with Gasteiger partial charge in [0.1, 0.15) is 24.2 Å². The first kappa shape index (κ1) is 39.8. The number of anilines is 1. The Labute approximate surface area is 373 Å². The van der Waals surface area contributed by atoms with Gasteiger partial charge in [0.25, 0.3) is 0 Å². The molecule has 0 bridgehead atoms. The second-order valence-electron chi connectivity index (χ2n) is 16.1. The summed E-state index contributed by atoms with van der Waals surface area (Å²) in [6.07, 6.45) is 31.4. The fraction of sp³-hybridized carbons (Fsp3) is 0.103. The Kier molecular flexibility index (Phi) is 10.9. The van der Waals surface area contributed by atoms with Crippen molar-refractivity contribution in [2.45, 2.75) is 31.9 Å². The summed E-state index contributed by atoms with van der Waals surface area (Å²) in [4.78, 5) is 4.65. The van der Waals surface area contributed by atoms with E-state index in [4.69, 9.17) is 9.47 Å². The van der Waals surface area contributed by atoms with Crippen molar-refractivity contribution in [1.82, 2.24) is 4.90 Å². The molecule has 5 aromatic carbocycles. The molecule has 0 radical (unpaired) electrons. The largest absolute Gasteiger partial charge is 0.488 e. The fourth-order valence-electron chi connectivity index (χ4n) is 9.27. The third-order valence-electron chi connectivity index (χ3n) is 12.3. The summed E-state index contributed by atoms with van der Waals surface area (Å²) in [5.41, 5.74) is 11.2. The Hall–Kier alpha value is -7.34. The van der Waals surface area contributed by atoms with Gasteiger partial charge in [-0.15, -0.1) is 11.3 Å². The Morgan fingerprint density at radius 3 is 2.41 bits per heavy atom. The van der Waals surface area contributed by atoms with Gasteiger partial charge in [-0.3, -0.25) is 0 Å². The first-order valence-corrected chi connectivity index (χ1v) is 22.4. The third kappa shape index (κ3) is 7.45. The van der Waals surface area contributed by atoms with Crippen molar-refractivity contribution < 1.29 is 9.47 Å². The van der Waals surface area contributed by atoms with Crippen molar-refractivity contribution in [3.8, 4) is 22.6 Å². The predicted molar refractivity (Wildman–Crippen MR) is 268 cm³/mol. The monoisotopic (exact) mass is 836 g/mol. The van der Waals surface area contributed by atoms with E-state index < -0.39 is 0 Å². The molecule has 0 amide bonds. The van der Waals surface area contributed by atoms with E-state index in [-0.39, 0.29) is 12.1 Å². The lowest BCUT2D eigenvalue weighted by molar-refractivity contribution is 0.255. The van der Waals surface area contributed by atoms with E-state index >= 15 is 0 Å². The lowest BCUT2D eigenvalue weighted by Crippen LogP contribution is -2.31. The van der Waals surface area contributed by atoms with Gasteiger partial charge in [0, 0.05) is 60.9 Å². The molecule has 5 heteroatoms. The van der Waals surface area contributed by atoms with E-state index in [1.807, 2.05) is 18.2 Å². The van der Waals surface area contributed by atoms with Gasteiger partial charge < -0.3 is 19.3 Å². The molecule has 6 aromatic rings. The average Bonchev–Trinajstić information content (AvgIpc) is 3.66. The van der Waals surface area contributed by atoms with Gasteiger partial charge in [-0.2, -0.15) is 0 Å². The number of thiophene rings is 1. The van der Waals surface area contributed by atoms with Gasteiger partial charge in [-0.05, 0) is 107 Å². The second kappa shape index (κ2) is 17.2. The summed E-state index contributed by atoms with van der Waals surface area (Å²) < 4.78 is 16.0. The molecule has 308 valence electrons. The van der Waals surface area contributed by atoms with Crippen LogP contribution in [0.2, 0.25) is 0 Å². The van der Waals surface area contributed by atoms with Crippen LogP contribution in [0.4, 0.5) is 5.69 Å². The van der Waals surface area contributed by atoms with Crippen LogP contribution >= 0.6 is 11.3 Å². The molecular formula is C58H48N2O2S. The quantitative estimate of drug-likeness (QED) is 0.121. The molecule has 0 saturated carbocycles. The zero-order valence-electron chi connectivity index (χ0n) is 35.4. The number of rotatable bonds is 11. The number of allylic oxidation sites excluding steroid dienone is 11. The van der Waals surface area contributed by atoms with Crippen LogP contribution in [0.1, 0.15) is 30.9 Å². The third-order valence-corrected chi connectivity index (χ3v) is 13.5. The van der Waals surface area contributed by atoms with Gasteiger partial charge >= 0.3 is 0 Å². The van der Waals surface area contributed by atoms with Gasteiger partial charge in [-0.1, -0.05) is 141 Å². The van der Waals surface area contributed by atoms with Crippen LogP contribution in [0.25, 0.3) is 55.8 Å². The van der Waals surface area contributed by atoms with Crippen LogP contribution in [-0.2, 0) is 0 Å². The molecule has 4 aliphatic rings. The van der Waals surface area contributed by atoms with Gasteiger partial charge in [-0.25, -0.2) is 0 Å². The molecule has 0 N–H and O–H groups in total. The number of benzene rings is 5. The molecule has 2 unspecified atom stereocenters. The number of hydrogen-bond donors (Lipinski definition) is 0. The van der Waals surface area contributed by atoms with E-state index in [1.165, 1.54) is 31.3 Å². The average molecular weight is 837 g/mol. The smallest absolute Gasteiger partial charge is 0.130 e.